The predicted octanol–water partition coefficient (Wildman–Crippen LogP) is 2.58. The monoisotopic (exact) mass is 282 g/mol. The molecule has 0 atom stereocenters. The van der Waals surface area contributed by atoms with E-state index in [4.69, 9.17) is 0 Å². The average Bonchev–Trinajstić information content (AvgIpc) is 2.30. The summed E-state index contributed by atoms with van der Waals surface area (Å²) in [5.41, 5.74) is 3.63. The molecule has 16 heavy (non-hydrogen) atoms. The smallest absolute Gasteiger partial charge is 0.265 e. The summed E-state index contributed by atoms with van der Waals surface area (Å²) in [5.74, 6) is -0.0248. The van der Waals surface area contributed by atoms with Gasteiger partial charge in [0, 0.05) is 23.1 Å². The lowest BCUT2D eigenvalue weighted by Crippen LogP contribution is -2.45. The first-order chi connectivity index (χ1) is 7.75. The Morgan fingerprint density at radius 1 is 1.25 bits per heavy atom. The Hall–Kier alpha value is -0.870. The van der Waals surface area contributed by atoms with E-state index in [0.717, 1.165) is 17.6 Å². The quantitative estimate of drug-likeness (QED) is 0.904. The van der Waals surface area contributed by atoms with Gasteiger partial charge < -0.3 is 0 Å². The van der Waals surface area contributed by atoms with Gasteiger partial charge in [-0.15, -0.1) is 0 Å². The summed E-state index contributed by atoms with van der Waals surface area (Å²) in [4.78, 5) is 11.9. The first-order valence-corrected chi connectivity index (χ1v) is 6.36. The van der Waals surface area contributed by atoms with Crippen LogP contribution in [0.25, 0.3) is 0 Å². The van der Waals surface area contributed by atoms with Crippen molar-refractivity contribution in [2.24, 2.45) is 0 Å². The fourth-order valence-corrected chi connectivity index (χ4v) is 2.24. The molecule has 1 aliphatic rings. The second kappa shape index (κ2) is 5.46. The zero-order valence-electron chi connectivity index (χ0n) is 9.08. The standard InChI is InChI=1S/C12H15BrN2O/c13-11-6-4-5-10(9-11)12(16)14-15-7-2-1-3-8-15/h4-6,9H,1-3,7-8H2,(H,14,16). The Bertz CT molecular complexity index is 375. The van der Waals surface area contributed by atoms with Crippen LogP contribution in [0, 0.1) is 0 Å². The molecule has 0 saturated carbocycles. The van der Waals surface area contributed by atoms with Gasteiger partial charge in [0.05, 0.1) is 0 Å². The molecule has 3 nitrogen and oxygen atoms in total. The van der Waals surface area contributed by atoms with E-state index in [9.17, 15) is 4.79 Å². The van der Waals surface area contributed by atoms with Crippen LogP contribution in [0.1, 0.15) is 29.6 Å². The maximum absolute atomic E-state index is 11.9. The molecule has 1 N–H and O–H groups in total. The van der Waals surface area contributed by atoms with Crippen molar-refractivity contribution in [2.45, 2.75) is 19.3 Å². The van der Waals surface area contributed by atoms with Crippen LogP contribution in [0.4, 0.5) is 0 Å². The molecule has 1 saturated heterocycles. The van der Waals surface area contributed by atoms with Crippen LogP contribution >= 0.6 is 15.9 Å². The van der Waals surface area contributed by atoms with Gasteiger partial charge in [-0.1, -0.05) is 28.4 Å². The van der Waals surface area contributed by atoms with Gasteiger partial charge in [0.1, 0.15) is 0 Å². The van der Waals surface area contributed by atoms with Crippen LogP contribution in [0.5, 0.6) is 0 Å². The second-order valence-electron chi connectivity index (χ2n) is 4.00. The number of halogens is 1. The summed E-state index contributed by atoms with van der Waals surface area (Å²) in [6.07, 6.45) is 3.60. The molecule has 2 rings (SSSR count). The number of hydrogen-bond donors (Lipinski definition) is 1. The molecule has 0 radical (unpaired) electrons. The summed E-state index contributed by atoms with van der Waals surface area (Å²) in [7, 11) is 0. The lowest BCUT2D eigenvalue weighted by atomic mass is 10.1. The van der Waals surface area contributed by atoms with Crippen LogP contribution in [0.3, 0.4) is 0 Å². The van der Waals surface area contributed by atoms with Crippen LogP contribution in [0.15, 0.2) is 28.7 Å². The highest BCUT2D eigenvalue weighted by molar-refractivity contribution is 9.10. The van der Waals surface area contributed by atoms with Crippen LogP contribution in [0.2, 0.25) is 0 Å². The molecule has 86 valence electrons. The first-order valence-electron chi connectivity index (χ1n) is 5.57. The van der Waals surface area contributed by atoms with Crippen molar-refractivity contribution in [3.05, 3.63) is 34.3 Å². The Labute approximate surface area is 104 Å². The molecule has 1 heterocycles. The molecule has 0 aromatic heterocycles. The number of benzene rings is 1. The van der Waals surface area contributed by atoms with E-state index in [0.29, 0.717) is 5.56 Å². The zero-order chi connectivity index (χ0) is 11.4. The minimum Gasteiger partial charge on any atom is -0.285 e. The summed E-state index contributed by atoms with van der Waals surface area (Å²) < 4.78 is 0.929. The molecule has 1 fully saturated rings. The van der Waals surface area contributed by atoms with Crippen LogP contribution in [-0.4, -0.2) is 24.0 Å². The van der Waals surface area contributed by atoms with Gasteiger partial charge in [-0.25, -0.2) is 5.01 Å². The van der Waals surface area contributed by atoms with E-state index < -0.39 is 0 Å². The fraction of sp³-hybridized carbons (Fsp3) is 0.417. The highest BCUT2D eigenvalue weighted by atomic mass is 79.9. The van der Waals surface area contributed by atoms with Gasteiger partial charge in [0.2, 0.25) is 0 Å². The molecule has 0 bridgehead atoms. The van der Waals surface area contributed by atoms with E-state index >= 15 is 0 Å². The largest absolute Gasteiger partial charge is 0.285 e. The lowest BCUT2D eigenvalue weighted by molar-refractivity contribution is 0.0750. The highest BCUT2D eigenvalue weighted by Gasteiger charge is 2.13. The topological polar surface area (TPSA) is 32.3 Å². The van der Waals surface area contributed by atoms with Crippen molar-refractivity contribution in [2.75, 3.05) is 13.1 Å². The Morgan fingerprint density at radius 2 is 2.00 bits per heavy atom. The summed E-state index contributed by atoms with van der Waals surface area (Å²) >= 11 is 3.36. The molecule has 4 heteroatoms. The van der Waals surface area contributed by atoms with Crippen molar-refractivity contribution in [1.82, 2.24) is 10.4 Å². The third-order valence-corrected chi connectivity index (χ3v) is 3.20. The fourth-order valence-electron chi connectivity index (χ4n) is 1.84. The number of carbonyl (C=O) groups is 1. The Morgan fingerprint density at radius 3 is 2.69 bits per heavy atom. The lowest BCUT2D eigenvalue weighted by Gasteiger charge is -2.26. The Balaban J connectivity index is 1.97. The third kappa shape index (κ3) is 3.06. The van der Waals surface area contributed by atoms with E-state index in [-0.39, 0.29) is 5.91 Å². The average molecular weight is 283 g/mol. The van der Waals surface area contributed by atoms with Crippen LogP contribution < -0.4 is 5.43 Å². The summed E-state index contributed by atoms with van der Waals surface area (Å²) in [6.45, 7) is 1.92. The van der Waals surface area contributed by atoms with E-state index in [2.05, 4.69) is 21.4 Å². The van der Waals surface area contributed by atoms with Crippen LogP contribution in [-0.2, 0) is 0 Å². The number of carbonyl (C=O) groups excluding carboxylic acids is 1. The highest BCUT2D eigenvalue weighted by Crippen LogP contribution is 2.12. The molecule has 1 aromatic rings. The van der Waals surface area contributed by atoms with Gasteiger partial charge in [-0.05, 0) is 31.0 Å². The van der Waals surface area contributed by atoms with E-state index in [1.165, 1.54) is 19.3 Å². The molecule has 1 amide bonds. The van der Waals surface area contributed by atoms with E-state index in [1.807, 2.05) is 29.3 Å². The van der Waals surface area contributed by atoms with Crippen molar-refractivity contribution in [3.8, 4) is 0 Å². The summed E-state index contributed by atoms with van der Waals surface area (Å²) in [5, 5.41) is 2.01. The van der Waals surface area contributed by atoms with Crippen molar-refractivity contribution in [1.29, 1.82) is 0 Å². The minimum atomic E-state index is -0.0248. The normalized spacial score (nSPS) is 17.1. The number of nitrogens with one attached hydrogen (secondary N) is 1. The van der Waals surface area contributed by atoms with Gasteiger partial charge in [0.25, 0.3) is 5.91 Å². The van der Waals surface area contributed by atoms with E-state index in [1.54, 1.807) is 0 Å². The molecular weight excluding hydrogens is 268 g/mol. The Kier molecular flexibility index (Phi) is 3.96. The number of rotatable bonds is 2. The molecule has 0 aliphatic carbocycles. The first kappa shape index (κ1) is 11.6. The summed E-state index contributed by atoms with van der Waals surface area (Å²) in [6, 6.07) is 7.44. The minimum absolute atomic E-state index is 0.0248. The number of piperidine rings is 1. The zero-order valence-corrected chi connectivity index (χ0v) is 10.7. The molecule has 0 unspecified atom stereocenters. The molecule has 0 spiro atoms. The van der Waals surface area contributed by atoms with Crippen molar-refractivity contribution in [3.63, 3.8) is 0 Å². The SMILES string of the molecule is O=C(NN1CCCCC1)c1cccc(Br)c1. The molecule has 1 aliphatic heterocycles. The number of hydrazine groups is 1. The maximum Gasteiger partial charge on any atom is 0.265 e. The predicted molar refractivity (Wildman–Crippen MR) is 67.0 cm³/mol. The van der Waals surface area contributed by atoms with Gasteiger partial charge in [0.15, 0.2) is 0 Å². The van der Waals surface area contributed by atoms with Gasteiger partial charge >= 0.3 is 0 Å². The van der Waals surface area contributed by atoms with Crippen molar-refractivity contribution < 1.29 is 4.79 Å². The third-order valence-electron chi connectivity index (χ3n) is 2.70. The number of hydrogen-bond acceptors (Lipinski definition) is 2. The molecule has 1 aromatic carbocycles. The second-order valence-corrected chi connectivity index (χ2v) is 4.91. The maximum atomic E-state index is 11.9. The number of nitrogens with zero attached hydrogens (tertiary/aromatic N) is 1. The number of amides is 1. The van der Waals surface area contributed by atoms with Gasteiger partial charge in [-0.2, -0.15) is 0 Å². The molecular formula is C12H15BrN2O. The van der Waals surface area contributed by atoms with Gasteiger partial charge in [-0.3, -0.25) is 10.2 Å². The van der Waals surface area contributed by atoms with Crippen molar-refractivity contribution >= 4 is 21.8 Å².